The standard InChI is InChI=1S/C40H46ClN5O7S2/c1-3-33(44-38(49)36-19-17-30(55-36)10-7-8-27-14-18-35(47)31(22-27)39(50)51)34(25-54-24-28-9-5-6-11-32(28)41)45-46-40(52)43-21-20-26-12-15-29(16-13-26)53-23-37(48)42-4-2/h5-6,9,11-19,22,33,47H,3-4,7-8,10,20-21,23-25H2,1-2H3,(H,42,48)(H,44,49)(H,50,51)(H2,43,46,52)/b45-34-/t33-/m0/s1. The molecule has 0 aliphatic carbocycles. The summed E-state index contributed by atoms with van der Waals surface area (Å²) in [6, 6.07) is 22.2. The normalized spacial score (nSPS) is 11.7. The Balaban J connectivity index is 1.32. The summed E-state index contributed by atoms with van der Waals surface area (Å²) in [5.74, 6) is -0.262. The Bertz CT molecular complexity index is 1940. The van der Waals surface area contributed by atoms with Crippen LogP contribution < -0.4 is 26.1 Å². The lowest BCUT2D eigenvalue weighted by atomic mass is 10.0. The van der Waals surface area contributed by atoms with Gasteiger partial charge < -0.3 is 30.9 Å². The molecule has 0 unspecified atom stereocenters. The largest absolute Gasteiger partial charge is 0.507 e. The highest BCUT2D eigenvalue weighted by Crippen LogP contribution is 2.24. The van der Waals surface area contributed by atoms with Gasteiger partial charge in [0, 0.05) is 34.5 Å². The summed E-state index contributed by atoms with van der Waals surface area (Å²) in [5, 5.41) is 32.8. The number of thiophene rings is 1. The first-order valence-corrected chi connectivity index (χ1v) is 20.3. The minimum Gasteiger partial charge on any atom is -0.507 e. The Kier molecular flexibility index (Phi) is 17.4. The molecular weight excluding hydrogens is 762 g/mol. The molecule has 0 spiro atoms. The average Bonchev–Trinajstić information content (AvgIpc) is 3.65. The fourth-order valence-corrected chi connectivity index (χ4v) is 7.67. The summed E-state index contributed by atoms with van der Waals surface area (Å²) in [6.07, 6.45) is 3.15. The van der Waals surface area contributed by atoms with Crippen molar-refractivity contribution in [3.63, 3.8) is 0 Å². The number of aromatic hydroxyl groups is 1. The predicted molar refractivity (Wildman–Crippen MR) is 219 cm³/mol. The molecule has 0 radical (unpaired) electrons. The molecule has 15 heteroatoms. The minimum absolute atomic E-state index is 0.0578. The first-order chi connectivity index (χ1) is 26.6. The van der Waals surface area contributed by atoms with Gasteiger partial charge in [-0.15, -0.1) is 11.3 Å². The highest BCUT2D eigenvalue weighted by molar-refractivity contribution is 7.99. The Labute approximate surface area is 334 Å². The number of carboxylic acid groups (broad SMARTS) is 1. The van der Waals surface area contributed by atoms with Gasteiger partial charge in [-0.2, -0.15) is 16.9 Å². The van der Waals surface area contributed by atoms with Crippen molar-refractivity contribution < 1.29 is 34.1 Å². The molecule has 0 saturated carbocycles. The van der Waals surface area contributed by atoms with Crippen molar-refractivity contribution in [2.45, 2.75) is 57.7 Å². The molecule has 4 amide bonds. The second-order valence-corrected chi connectivity index (χ2v) is 15.0. The Hall–Kier alpha value is -5.05. The first kappa shape index (κ1) is 42.7. The van der Waals surface area contributed by atoms with E-state index in [4.69, 9.17) is 16.3 Å². The molecule has 4 aromatic rings. The molecule has 12 nitrogen and oxygen atoms in total. The van der Waals surface area contributed by atoms with Gasteiger partial charge in [0.25, 0.3) is 11.8 Å². The molecular formula is C40H46ClN5O7S2. The van der Waals surface area contributed by atoms with Crippen molar-refractivity contribution >= 4 is 64.2 Å². The van der Waals surface area contributed by atoms with Crippen LogP contribution in [0.25, 0.3) is 0 Å². The van der Waals surface area contributed by atoms with E-state index < -0.39 is 18.0 Å². The Morgan fingerprint density at radius 3 is 2.42 bits per heavy atom. The van der Waals surface area contributed by atoms with Crippen LogP contribution in [0.3, 0.4) is 0 Å². The van der Waals surface area contributed by atoms with Gasteiger partial charge in [0.1, 0.15) is 17.1 Å². The number of nitrogens with zero attached hydrogens (tertiary/aromatic N) is 1. The number of carbonyl (C=O) groups excluding carboxylic acids is 3. The minimum atomic E-state index is -1.18. The van der Waals surface area contributed by atoms with E-state index in [-0.39, 0.29) is 29.7 Å². The number of carboxylic acids is 1. The molecule has 1 atom stereocenters. The van der Waals surface area contributed by atoms with E-state index in [9.17, 15) is 29.4 Å². The molecule has 6 N–H and O–H groups in total. The number of phenols is 1. The maximum absolute atomic E-state index is 13.4. The van der Waals surface area contributed by atoms with Crippen LogP contribution in [0.4, 0.5) is 4.79 Å². The van der Waals surface area contributed by atoms with E-state index in [1.54, 1.807) is 36.0 Å². The number of nitrogens with one attached hydrogen (secondary N) is 4. The summed E-state index contributed by atoms with van der Waals surface area (Å²) in [5.41, 5.74) is 5.83. The molecule has 1 aromatic heterocycles. The number of urea groups is 1. The van der Waals surface area contributed by atoms with Gasteiger partial charge in [-0.25, -0.2) is 15.0 Å². The summed E-state index contributed by atoms with van der Waals surface area (Å²) < 4.78 is 5.49. The number of aromatic carboxylic acids is 1. The Morgan fingerprint density at radius 2 is 1.69 bits per heavy atom. The van der Waals surface area contributed by atoms with E-state index >= 15 is 0 Å². The van der Waals surface area contributed by atoms with Gasteiger partial charge in [0.05, 0.1) is 16.6 Å². The average molecular weight is 808 g/mol. The van der Waals surface area contributed by atoms with Gasteiger partial charge in [-0.1, -0.05) is 54.9 Å². The lowest BCUT2D eigenvalue weighted by Gasteiger charge is -2.19. The maximum atomic E-state index is 13.4. The number of hydrogen-bond donors (Lipinski definition) is 6. The smallest absolute Gasteiger partial charge is 0.339 e. The molecule has 0 bridgehead atoms. The fourth-order valence-electron chi connectivity index (χ4n) is 5.39. The highest BCUT2D eigenvalue weighted by atomic mass is 35.5. The van der Waals surface area contributed by atoms with Crippen LogP contribution in [-0.4, -0.2) is 71.2 Å². The monoisotopic (exact) mass is 807 g/mol. The van der Waals surface area contributed by atoms with E-state index in [0.717, 1.165) is 28.0 Å². The summed E-state index contributed by atoms with van der Waals surface area (Å²) in [4.78, 5) is 50.8. The van der Waals surface area contributed by atoms with Crippen molar-refractivity contribution in [3.05, 3.63) is 116 Å². The molecule has 4 rings (SSSR count). The predicted octanol–water partition coefficient (Wildman–Crippen LogP) is 6.84. The highest BCUT2D eigenvalue weighted by Gasteiger charge is 2.20. The van der Waals surface area contributed by atoms with Crippen LogP contribution in [0.15, 0.2) is 84.0 Å². The zero-order chi connectivity index (χ0) is 39.6. The molecule has 0 saturated heterocycles. The van der Waals surface area contributed by atoms with Crippen LogP contribution in [0, 0.1) is 0 Å². The van der Waals surface area contributed by atoms with Gasteiger partial charge in [-0.05, 0) is 98.2 Å². The van der Waals surface area contributed by atoms with Gasteiger partial charge in [0.2, 0.25) is 0 Å². The topological polar surface area (TPSA) is 178 Å². The van der Waals surface area contributed by atoms with E-state index in [0.29, 0.717) is 71.6 Å². The number of rotatable bonds is 21. The van der Waals surface area contributed by atoms with Crippen molar-refractivity contribution in [1.82, 2.24) is 21.4 Å². The lowest BCUT2D eigenvalue weighted by molar-refractivity contribution is -0.122. The second kappa shape index (κ2) is 22.4. The van der Waals surface area contributed by atoms with Gasteiger partial charge in [0.15, 0.2) is 6.61 Å². The number of hydrogen-bond acceptors (Lipinski definition) is 9. The number of likely N-dealkylation sites (N-methyl/N-ethyl adjacent to an activating group) is 1. The van der Waals surface area contributed by atoms with Gasteiger partial charge >= 0.3 is 12.0 Å². The number of amides is 4. The summed E-state index contributed by atoms with van der Waals surface area (Å²) in [6.45, 7) is 4.61. The number of thioether (sulfide) groups is 1. The van der Waals surface area contributed by atoms with E-state index in [1.807, 2.05) is 56.3 Å². The maximum Gasteiger partial charge on any atom is 0.339 e. The number of carbonyl (C=O) groups is 4. The molecule has 1 heterocycles. The third-order valence-electron chi connectivity index (χ3n) is 8.31. The SMILES string of the molecule is CCNC(=O)COc1ccc(CCNC(=O)N/N=C(/CSCc2ccccc2Cl)[C@H](CC)NC(=O)c2ccc(CCCc3ccc(O)c(C(=O)O)c3)s2)cc1. The van der Waals surface area contributed by atoms with Gasteiger partial charge in [-0.3, -0.25) is 9.59 Å². The van der Waals surface area contributed by atoms with Crippen LogP contribution in [0.2, 0.25) is 5.02 Å². The van der Waals surface area contributed by atoms with Crippen molar-refractivity contribution in [2.75, 3.05) is 25.4 Å². The van der Waals surface area contributed by atoms with E-state index in [1.165, 1.54) is 23.5 Å². The van der Waals surface area contributed by atoms with Crippen molar-refractivity contribution in [3.8, 4) is 11.5 Å². The molecule has 55 heavy (non-hydrogen) atoms. The fraction of sp³-hybridized carbons (Fsp3) is 0.325. The van der Waals surface area contributed by atoms with Crippen LogP contribution >= 0.6 is 34.7 Å². The molecule has 3 aromatic carbocycles. The quantitative estimate of drug-likeness (QED) is 0.0392. The zero-order valence-corrected chi connectivity index (χ0v) is 33.1. The molecule has 0 aliphatic rings. The third kappa shape index (κ3) is 14.3. The van der Waals surface area contributed by atoms with Crippen LogP contribution in [-0.2, 0) is 29.8 Å². The molecule has 0 aliphatic heterocycles. The number of benzene rings is 3. The first-order valence-electron chi connectivity index (χ1n) is 17.9. The van der Waals surface area contributed by atoms with E-state index in [2.05, 4.69) is 26.5 Å². The number of halogens is 1. The molecule has 292 valence electrons. The zero-order valence-electron chi connectivity index (χ0n) is 30.7. The Morgan fingerprint density at radius 1 is 0.927 bits per heavy atom. The lowest BCUT2D eigenvalue weighted by Crippen LogP contribution is -2.43. The number of hydrazone groups is 1. The van der Waals surface area contributed by atoms with Crippen molar-refractivity contribution in [2.24, 2.45) is 5.10 Å². The second-order valence-electron chi connectivity index (χ2n) is 12.4. The van der Waals surface area contributed by atoms with Crippen molar-refractivity contribution in [1.29, 1.82) is 0 Å². The van der Waals surface area contributed by atoms with Crippen LogP contribution in [0.1, 0.15) is 68.3 Å². The summed E-state index contributed by atoms with van der Waals surface area (Å²) in [7, 11) is 0. The number of ether oxygens (including phenoxy) is 1. The molecule has 0 fully saturated rings. The van der Waals surface area contributed by atoms with Crippen LogP contribution in [0.5, 0.6) is 11.5 Å². The third-order valence-corrected chi connectivity index (χ3v) is 10.8. The summed E-state index contributed by atoms with van der Waals surface area (Å²) >= 11 is 9.34. The number of aryl methyl sites for hydroxylation is 2.